The SMILES string of the molecule is CCOC(=O)CCS(=O)(=O)N(c1ccc(C)cc1)c1ccc(OC(F)(F)F)cc1. The molecular weight excluding hydrogens is 411 g/mol. The summed E-state index contributed by atoms with van der Waals surface area (Å²) in [4.78, 5) is 11.6. The maximum atomic E-state index is 12.9. The molecule has 0 radical (unpaired) electrons. The summed E-state index contributed by atoms with van der Waals surface area (Å²) in [6, 6.07) is 11.0. The van der Waals surface area contributed by atoms with Crippen molar-refractivity contribution in [3.8, 4) is 5.75 Å². The van der Waals surface area contributed by atoms with Gasteiger partial charge in [0.05, 0.1) is 30.2 Å². The van der Waals surface area contributed by atoms with Crippen molar-refractivity contribution in [3.63, 3.8) is 0 Å². The number of esters is 1. The number of anilines is 2. The standard InChI is InChI=1S/C19H20F3NO5S/c1-3-27-18(24)12-13-29(25,26)23(15-6-4-14(2)5-7-15)16-8-10-17(11-9-16)28-19(20,21)22/h4-11H,3,12-13H2,1-2H3. The summed E-state index contributed by atoms with van der Waals surface area (Å²) in [5.41, 5.74) is 1.28. The van der Waals surface area contributed by atoms with E-state index in [0.717, 1.165) is 22.0 Å². The lowest BCUT2D eigenvalue weighted by Crippen LogP contribution is -2.30. The van der Waals surface area contributed by atoms with E-state index in [1.807, 2.05) is 6.92 Å². The van der Waals surface area contributed by atoms with Gasteiger partial charge in [0.25, 0.3) is 0 Å². The summed E-state index contributed by atoms with van der Waals surface area (Å²) >= 11 is 0. The Morgan fingerprint density at radius 3 is 2.00 bits per heavy atom. The Morgan fingerprint density at radius 1 is 1.00 bits per heavy atom. The second-order valence-corrected chi connectivity index (χ2v) is 7.95. The fourth-order valence-electron chi connectivity index (χ4n) is 2.47. The molecule has 0 heterocycles. The molecule has 0 bridgehead atoms. The number of hydrogen-bond donors (Lipinski definition) is 0. The third kappa shape index (κ3) is 6.67. The maximum absolute atomic E-state index is 12.9. The van der Waals surface area contributed by atoms with Crippen LogP contribution in [0.1, 0.15) is 18.9 Å². The van der Waals surface area contributed by atoms with Gasteiger partial charge < -0.3 is 9.47 Å². The van der Waals surface area contributed by atoms with Crippen molar-refractivity contribution in [2.24, 2.45) is 0 Å². The van der Waals surface area contributed by atoms with Crippen molar-refractivity contribution < 1.29 is 35.9 Å². The van der Waals surface area contributed by atoms with Gasteiger partial charge in [-0.05, 0) is 50.2 Å². The van der Waals surface area contributed by atoms with Gasteiger partial charge in [-0.3, -0.25) is 4.79 Å². The second kappa shape index (κ2) is 9.17. The Labute approximate surface area is 166 Å². The molecule has 0 aliphatic heterocycles. The van der Waals surface area contributed by atoms with Crippen molar-refractivity contribution >= 4 is 27.4 Å². The van der Waals surface area contributed by atoms with E-state index in [-0.39, 0.29) is 24.4 Å². The van der Waals surface area contributed by atoms with Crippen LogP contribution in [0.4, 0.5) is 24.5 Å². The van der Waals surface area contributed by atoms with E-state index >= 15 is 0 Å². The number of sulfonamides is 1. The second-order valence-electron chi connectivity index (χ2n) is 6.01. The van der Waals surface area contributed by atoms with Crippen molar-refractivity contribution in [1.82, 2.24) is 0 Å². The van der Waals surface area contributed by atoms with Gasteiger partial charge in [0.15, 0.2) is 0 Å². The molecule has 0 unspecified atom stereocenters. The third-order valence-corrected chi connectivity index (χ3v) is 5.42. The molecule has 0 fully saturated rings. The summed E-state index contributed by atoms with van der Waals surface area (Å²) in [5.74, 6) is -1.66. The van der Waals surface area contributed by atoms with E-state index in [4.69, 9.17) is 4.74 Å². The van der Waals surface area contributed by atoms with Gasteiger partial charge in [-0.1, -0.05) is 17.7 Å². The lowest BCUT2D eigenvalue weighted by atomic mass is 10.2. The Bertz CT molecular complexity index is 926. The highest BCUT2D eigenvalue weighted by atomic mass is 32.2. The first-order chi connectivity index (χ1) is 13.5. The predicted octanol–water partition coefficient (Wildman–Crippen LogP) is 4.31. The van der Waals surface area contributed by atoms with Crippen molar-refractivity contribution in [2.75, 3.05) is 16.7 Å². The molecule has 2 aromatic rings. The molecule has 2 rings (SSSR count). The molecule has 2 aromatic carbocycles. The van der Waals surface area contributed by atoms with Crippen LogP contribution in [-0.4, -0.2) is 33.1 Å². The first-order valence-electron chi connectivity index (χ1n) is 8.63. The number of halogens is 3. The molecule has 0 N–H and O–H groups in total. The van der Waals surface area contributed by atoms with Gasteiger partial charge in [-0.15, -0.1) is 13.2 Å². The van der Waals surface area contributed by atoms with Crippen molar-refractivity contribution in [3.05, 3.63) is 54.1 Å². The van der Waals surface area contributed by atoms with Crippen LogP contribution in [0.3, 0.4) is 0 Å². The number of carbonyl (C=O) groups excluding carboxylic acids is 1. The van der Waals surface area contributed by atoms with Gasteiger partial charge in [0, 0.05) is 0 Å². The number of benzene rings is 2. The van der Waals surface area contributed by atoms with Crippen LogP contribution in [0.25, 0.3) is 0 Å². The van der Waals surface area contributed by atoms with Crippen LogP contribution >= 0.6 is 0 Å². The number of nitrogens with zero attached hydrogens (tertiary/aromatic N) is 1. The summed E-state index contributed by atoms with van der Waals surface area (Å²) in [6.07, 6.45) is -5.21. The Kier molecular flexibility index (Phi) is 7.12. The number of rotatable bonds is 8. The number of hydrogen-bond acceptors (Lipinski definition) is 5. The quantitative estimate of drug-likeness (QED) is 0.583. The molecule has 158 valence electrons. The summed E-state index contributed by atoms with van der Waals surface area (Å²) in [7, 11) is -4.03. The van der Waals surface area contributed by atoms with Crippen LogP contribution in [0.5, 0.6) is 5.75 Å². The smallest absolute Gasteiger partial charge is 0.466 e. The van der Waals surface area contributed by atoms with E-state index in [2.05, 4.69) is 4.74 Å². The molecule has 0 aromatic heterocycles. The normalized spacial score (nSPS) is 11.8. The minimum absolute atomic E-state index is 0.104. The summed E-state index contributed by atoms with van der Waals surface area (Å²) < 4.78 is 72.5. The topological polar surface area (TPSA) is 72.9 Å². The third-order valence-electron chi connectivity index (χ3n) is 3.72. The molecule has 0 saturated heterocycles. The fraction of sp³-hybridized carbons (Fsp3) is 0.316. The van der Waals surface area contributed by atoms with E-state index < -0.39 is 33.9 Å². The number of carbonyl (C=O) groups is 1. The van der Waals surface area contributed by atoms with E-state index in [0.29, 0.717) is 0 Å². The Balaban J connectivity index is 2.37. The van der Waals surface area contributed by atoms with Crippen LogP contribution in [0.2, 0.25) is 0 Å². The van der Waals surface area contributed by atoms with Crippen molar-refractivity contribution in [2.45, 2.75) is 26.6 Å². The van der Waals surface area contributed by atoms with Crippen LogP contribution in [-0.2, 0) is 19.6 Å². The molecule has 0 amide bonds. The molecule has 0 spiro atoms. The minimum Gasteiger partial charge on any atom is -0.466 e. The largest absolute Gasteiger partial charge is 0.573 e. The average molecular weight is 431 g/mol. The molecule has 0 saturated carbocycles. The number of alkyl halides is 3. The van der Waals surface area contributed by atoms with Gasteiger partial charge in [0.2, 0.25) is 10.0 Å². The highest BCUT2D eigenvalue weighted by molar-refractivity contribution is 7.93. The molecule has 0 aliphatic carbocycles. The Hall–Kier alpha value is -2.75. The molecule has 29 heavy (non-hydrogen) atoms. The Morgan fingerprint density at radius 2 is 1.52 bits per heavy atom. The zero-order chi connectivity index (χ0) is 21.7. The maximum Gasteiger partial charge on any atom is 0.573 e. The highest BCUT2D eigenvalue weighted by Gasteiger charge is 2.31. The van der Waals surface area contributed by atoms with Crippen LogP contribution in [0.15, 0.2) is 48.5 Å². The lowest BCUT2D eigenvalue weighted by molar-refractivity contribution is -0.274. The highest BCUT2D eigenvalue weighted by Crippen LogP contribution is 2.32. The molecular formula is C19H20F3NO5S. The van der Waals surface area contributed by atoms with E-state index in [9.17, 15) is 26.4 Å². The zero-order valence-electron chi connectivity index (χ0n) is 15.8. The number of ether oxygens (including phenoxy) is 2. The van der Waals surface area contributed by atoms with Crippen molar-refractivity contribution in [1.29, 1.82) is 0 Å². The summed E-state index contributed by atoms with van der Waals surface area (Å²) in [6.45, 7) is 3.56. The van der Waals surface area contributed by atoms with Gasteiger partial charge in [-0.25, -0.2) is 12.7 Å². The van der Waals surface area contributed by atoms with Gasteiger partial charge in [0.1, 0.15) is 5.75 Å². The van der Waals surface area contributed by atoms with Gasteiger partial charge in [-0.2, -0.15) is 0 Å². The van der Waals surface area contributed by atoms with Gasteiger partial charge >= 0.3 is 12.3 Å². The fourth-order valence-corrected chi connectivity index (χ4v) is 3.96. The van der Waals surface area contributed by atoms with E-state index in [1.54, 1.807) is 31.2 Å². The predicted molar refractivity (Wildman–Crippen MR) is 101 cm³/mol. The molecule has 0 atom stereocenters. The van der Waals surface area contributed by atoms with Crippen LogP contribution in [0, 0.1) is 6.92 Å². The molecule has 10 heteroatoms. The zero-order valence-corrected chi connectivity index (χ0v) is 16.6. The summed E-state index contributed by atoms with van der Waals surface area (Å²) in [5, 5.41) is 0. The van der Waals surface area contributed by atoms with E-state index in [1.165, 1.54) is 12.1 Å². The average Bonchev–Trinajstić information content (AvgIpc) is 2.62. The monoisotopic (exact) mass is 431 g/mol. The first-order valence-corrected chi connectivity index (χ1v) is 10.2. The molecule has 0 aliphatic rings. The first kappa shape index (κ1) is 22.5. The lowest BCUT2D eigenvalue weighted by Gasteiger charge is -2.25. The number of aryl methyl sites for hydroxylation is 1. The molecule has 6 nitrogen and oxygen atoms in total. The minimum atomic E-state index is -4.86. The van der Waals surface area contributed by atoms with Crippen LogP contribution < -0.4 is 9.04 Å².